The molecule has 5 heteroatoms. The highest BCUT2D eigenvalue weighted by Gasteiger charge is 2.24. The minimum atomic E-state index is -0.188. The summed E-state index contributed by atoms with van der Waals surface area (Å²) >= 11 is 0. The number of rotatable bonds is 3. The largest absolute Gasteiger partial charge is 0.354 e. The van der Waals surface area contributed by atoms with E-state index in [1.54, 1.807) is 0 Å². The number of benzene rings is 1. The maximum Gasteiger partial charge on any atom is 0.319 e. The van der Waals surface area contributed by atoms with Crippen LogP contribution in [-0.4, -0.2) is 17.2 Å². The van der Waals surface area contributed by atoms with Crippen LogP contribution in [-0.2, 0) is 0 Å². The van der Waals surface area contributed by atoms with Crippen molar-refractivity contribution in [3.8, 4) is 11.3 Å². The molecule has 0 saturated heterocycles. The molecule has 0 unspecified atom stereocenters. The van der Waals surface area contributed by atoms with E-state index in [0.717, 1.165) is 12.0 Å². The van der Waals surface area contributed by atoms with E-state index in [1.165, 1.54) is 19.3 Å². The van der Waals surface area contributed by atoms with Crippen LogP contribution in [0.2, 0.25) is 0 Å². The fourth-order valence-electron chi connectivity index (χ4n) is 3.15. The topological polar surface area (TPSA) is 67.2 Å². The van der Waals surface area contributed by atoms with E-state index in [0.29, 0.717) is 23.1 Å². The minimum absolute atomic E-state index is 0.188. The lowest BCUT2D eigenvalue weighted by molar-refractivity contribution is 0.232. The Morgan fingerprint density at radius 1 is 1.22 bits per heavy atom. The van der Waals surface area contributed by atoms with Gasteiger partial charge in [0, 0.05) is 11.6 Å². The van der Waals surface area contributed by atoms with Crippen molar-refractivity contribution in [1.82, 2.24) is 10.5 Å². The van der Waals surface area contributed by atoms with Gasteiger partial charge in [-0.05, 0) is 25.7 Å². The fraction of sp³-hybridized carbons (Fsp3) is 0.444. The summed E-state index contributed by atoms with van der Waals surface area (Å²) in [6.07, 6.45) is 4.65. The van der Waals surface area contributed by atoms with Crippen LogP contribution in [0.15, 0.2) is 34.9 Å². The van der Waals surface area contributed by atoms with Gasteiger partial charge in [-0.15, -0.1) is 0 Å². The molecule has 2 aromatic rings. The first-order valence-corrected chi connectivity index (χ1v) is 8.24. The SMILES string of the molecule is Cc1noc(-c2ccccc2)c1NC(=O)N[C@H]1CCCC[C@H]1C. The molecular weight excluding hydrogens is 290 g/mol. The van der Waals surface area contributed by atoms with Crippen LogP contribution in [0.3, 0.4) is 0 Å². The molecule has 0 bridgehead atoms. The number of anilines is 1. The molecule has 1 aliphatic rings. The van der Waals surface area contributed by atoms with E-state index < -0.39 is 0 Å². The van der Waals surface area contributed by atoms with Crippen molar-refractivity contribution in [1.29, 1.82) is 0 Å². The van der Waals surface area contributed by atoms with E-state index in [9.17, 15) is 4.79 Å². The van der Waals surface area contributed by atoms with Crippen LogP contribution >= 0.6 is 0 Å². The van der Waals surface area contributed by atoms with Crippen LogP contribution in [0.25, 0.3) is 11.3 Å². The molecule has 1 heterocycles. The second kappa shape index (κ2) is 6.86. The molecule has 0 spiro atoms. The first-order valence-electron chi connectivity index (χ1n) is 8.24. The normalized spacial score (nSPS) is 21.0. The van der Waals surface area contributed by atoms with Crippen molar-refractivity contribution in [2.45, 2.75) is 45.6 Å². The number of aryl methyl sites for hydroxylation is 1. The monoisotopic (exact) mass is 313 g/mol. The minimum Gasteiger partial charge on any atom is -0.354 e. The van der Waals surface area contributed by atoms with Gasteiger partial charge in [0.2, 0.25) is 0 Å². The smallest absolute Gasteiger partial charge is 0.319 e. The molecule has 1 saturated carbocycles. The number of nitrogens with zero attached hydrogens (tertiary/aromatic N) is 1. The second-order valence-corrected chi connectivity index (χ2v) is 6.30. The van der Waals surface area contributed by atoms with Crippen molar-refractivity contribution in [2.75, 3.05) is 5.32 Å². The van der Waals surface area contributed by atoms with Gasteiger partial charge in [-0.25, -0.2) is 4.79 Å². The van der Waals surface area contributed by atoms with E-state index in [1.807, 2.05) is 37.3 Å². The first kappa shape index (κ1) is 15.6. The van der Waals surface area contributed by atoms with Gasteiger partial charge in [-0.3, -0.25) is 0 Å². The molecule has 2 atom stereocenters. The highest BCUT2D eigenvalue weighted by atomic mass is 16.5. The lowest BCUT2D eigenvalue weighted by atomic mass is 9.86. The van der Waals surface area contributed by atoms with E-state index in [-0.39, 0.29) is 12.1 Å². The fourth-order valence-corrected chi connectivity index (χ4v) is 3.15. The molecule has 1 aliphatic carbocycles. The van der Waals surface area contributed by atoms with Crippen molar-refractivity contribution in [3.63, 3.8) is 0 Å². The molecule has 1 aromatic carbocycles. The number of nitrogens with one attached hydrogen (secondary N) is 2. The molecule has 3 rings (SSSR count). The average Bonchev–Trinajstić information content (AvgIpc) is 2.91. The highest BCUT2D eigenvalue weighted by Crippen LogP contribution is 2.31. The number of hydrogen-bond acceptors (Lipinski definition) is 3. The van der Waals surface area contributed by atoms with Crippen molar-refractivity contribution in [3.05, 3.63) is 36.0 Å². The Bertz CT molecular complexity index is 666. The zero-order chi connectivity index (χ0) is 16.2. The average molecular weight is 313 g/mol. The molecule has 2 N–H and O–H groups in total. The van der Waals surface area contributed by atoms with Crippen LogP contribution in [0.1, 0.15) is 38.3 Å². The molecule has 0 radical (unpaired) electrons. The standard InChI is InChI=1S/C18H23N3O2/c1-12-8-6-7-11-15(12)19-18(22)20-16-13(2)21-23-17(16)14-9-4-3-5-10-14/h3-5,9-10,12,15H,6-8,11H2,1-2H3,(H2,19,20,22)/t12-,15+/m1/s1. The maximum atomic E-state index is 12.4. The number of aromatic nitrogens is 1. The predicted octanol–water partition coefficient (Wildman–Crippen LogP) is 4.35. The van der Waals surface area contributed by atoms with E-state index >= 15 is 0 Å². The third kappa shape index (κ3) is 3.55. The van der Waals surface area contributed by atoms with E-state index in [2.05, 4.69) is 22.7 Å². The van der Waals surface area contributed by atoms with Crippen LogP contribution in [0.4, 0.5) is 10.5 Å². The third-order valence-electron chi connectivity index (χ3n) is 4.57. The maximum absolute atomic E-state index is 12.4. The number of carbonyl (C=O) groups is 1. The molecule has 122 valence electrons. The zero-order valence-electron chi connectivity index (χ0n) is 13.6. The molecular formula is C18H23N3O2. The second-order valence-electron chi connectivity index (χ2n) is 6.30. The summed E-state index contributed by atoms with van der Waals surface area (Å²) in [5, 5.41) is 10.0. The Kier molecular flexibility index (Phi) is 4.65. The molecule has 2 amide bonds. The number of hydrogen-bond donors (Lipinski definition) is 2. The predicted molar refractivity (Wildman–Crippen MR) is 90.3 cm³/mol. The Hall–Kier alpha value is -2.30. The highest BCUT2D eigenvalue weighted by molar-refractivity contribution is 5.94. The van der Waals surface area contributed by atoms with Crippen LogP contribution in [0, 0.1) is 12.8 Å². The Balaban J connectivity index is 1.73. The van der Waals surface area contributed by atoms with Gasteiger partial charge in [-0.1, -0.05) is 55.3 Å². The Morgan fingerprint density at radius 2 is 1.96 bits per heavy atom. The summed E-state index contributed by atoms with van der Waals surface area (Å²) in [4.78, 5) is 12.4. The zero-order valence-corrected chi connectivity index (χ0v) is 13.6. The molecule has 0 aliphatic heterocycles. The van der Waals surface area contributed by atoms with Gasteiger partial charge in [0.1, 0.15) is 11.4 Å². The Labute approximate surface area is 136 Å². The molecule has 23 heavy (non-hydrogen) atoms. The Morgan fingerprint density at radius 3 is 2.70 bits per heavy atom. The summed E-state index contributed by atoms with van der Waals surface area (Å²) < 4.78 is 5.40. The molecule has 1 aromatic heterocycles. The summed E-state index contributed by atoms with van der Waals surface area (Å²) in [6, 6.07) is 9.73. The lowest BCUT2D eigenvalue weighted by Crippen LogP contribution is -2.43. The van der Waals surface area contributed by atoms with Gasteiger partial charge in [-0.2, -0.15) is 0 Å². The van der Waals surface area contributed by atoms with Gasteiger partial charge < -0.3 is 15.2 Å². The van der Waals surface area contributed by atoms with Crippen LogP contribution < -0.4 is 10.6 Å². The summed E-state index contributed by atoms with van der Waals surface area (Å²) in [5.74, 6) is 1.11. The van der Waals surface area contributed by atoms with E-state index in [4.69, 9.17) is 4.52 Å². The van der Waals surface area contributed by atoms with Crippen molar-refractivity contribution < 1.29 is 9.32 Å². The first-order chi connectivity index (χ1) is 11.1. The summed E-state index contributed by atoms with van der Waals surface area (Å²) in [5.41, 5.74) is 2.21. The molecule has 1 fully saturated rings. The third-order valence-corrected chi connectivity index (χ3v) is 4.57. The van der Waals surface area contributed by atoms with Crippen LogP contribution in [0.5, 0.6) is 0 Å². The van der Waals surface area contributed by atoms with Gasteiger partial charge >= 0.3 is 6.03 Å². The molecule has 5 nitrogen and oxygen atoms in total. The number of amides is 2. The number of carbonyl (C=O) groups excluding carboxylic acids is 1. The van der Waals surface area contributed by atoms with Crippen molar-refractivity contribution in [2.24, 2.45) is 5.92 Å². The van der Waals surface area contributed by atoms with Gasteiger partial charge in [0.15, 0.2) is 5.76 Å². The van der Waals surface area contributed by atoms with Crippen molar-refractivity contribution >= 4 is 11.7 Å². The quantitative estimate of drug-likeness (QED) is 0.885. The number of urea groups is 1. The lowest BCUT2D eigenvalue weighted by Gasteiger charge is -2.29. The summed E-state index contributed by atoms with van der Waals surface area (Å²) in [7, 11) is 0. The summed E-state index contributed by atoms with van der Waals surface area (Å²) in [6.45, 7) is 4.03. The van der Waals surface area contributed by atoms with Gasteiger partial charge in [0.05, 0.1) is 0 Å². The van der Waals surface area contributed by atoms with Gasteiger partial charge in [0.25, 0.3) is 0 Å².